The van der Waals surface area contributed by atoms with Crippen LogP contribution in [-0.4, -0.2) is 44.3 Å². The molecule has 2 heterocycles. The minimum atomic E-state index is 0.724. The normalized spacial score (nSPS) is 16.9. The summed E-state index contributed by atoms with van der Waals surface area (Å²) in [7, 11) is 0. The van der Waals surface area contributed by atoms with E-state index in [1.807, 2.05) is 6.07 Å². The Hall–Kier alpha value is -2.98. The van der Waals surface area contributed by atoms with Crippen molar-refractivity contribution in [3.8, 4) is 22.6 Å². The first-order valence-electron chi connectivity index (χ1n) is 10.9. The number of hydrogen-bond donors (Lipinski definition) is 0. The van der Waals surface area contributed by atoms with Crippen LogP contribution >= 0.6 is 0 Å². The third kappa shape index (κ3) is 4.14. The summed E-state index contributed by atoms with van der Waals surface area (Å²) in [4.78, 5) is 4.98. The smallest absolute Gasteiger partial charge is 0.184 e. The second-order valence-corrected chi connectivity index (χ2v) is 7.98. The van der Waals surface area contributed by atoms with Gasteiger partial charge in [0.25, 0.3) is 0 Å². The maximum atomic E-state index is 6.03. The minimum absolute atomic E-state index is 0.724. The van der Waals surface area contributed by atoms with Crippen molar-refractivity contribution in [1.29, 1.82) is 0 Å². The molecule has 154 valence electrons. The first-order valence-corrected chi connectivity index (χ1v) is 10.9. The number of nitrogens with zero attached hydrogens (tertiary/aromatic N) is 2. The van der Waals surface area contributed by atoms with Gasteiger partial charge in [-0.2, -0.15) is 0 Å². The lowest BCUT2D eigenvalue weighted by Crippen LogP contribution is -2.46. The molecule has 0 bridgehead atoms. The molecule has 0 amide bonds. The van der Waals surface area contributed by atoms with Crippen LogP contribution in [0.25, 0.3) is 11.1 Å². The van der Waals surface area contributed by atoms with E-state index >= 15 is 0 Å². The third-order valence-electron chi connectivity index (χ3n) is 5.90. The van der Waals surface area contributed by atoms with Crippen LogP contribution in [0.15, 0.2) is 72.8 Å². The number of fused-ring (bicyclic) bond motifs is 1. The number of ether oxygens (including phenoxy) is 2. The third-order valence-corrected chi connectivity index (χ3v) is 5.90. The highest BCUT2D eigenvalue weighted by molar-refractivity contribution is 5.65. The van der Waals surface area contributed by atoms with Crippen molar-refractivity contribution < 1.29 is 9.47 Å². The first-order chi connectivity index (χ1) is 14.9. The van der Waals surface area contributed by atoms with Gasteiger partial charge in [0.05, 0.1) is 18.9 Å². The molecule has 3 aromatic carbocycles. The van der Waals surface area contributed by atoms with Gasteiger partial charge in [-0.1, -0.05) is 54.6 Å². The van der Waals surface area contributed by atoms with Crippen LogP contribution in [0.3, 0.4) is 0 Å². The molecule has 1 fully saturated rings. The molecule has 0 atom stereocenters. The molecule has 0 radical (unpaired) electrons. The van der Waals surface area contributed by atoms with Crippen LogP contribution in [-0.2, 0) is 6.54 Å². The number of rotatable bonds is 4. The minimum Gasteiger partial charge on any atom is -0.489 e. The first kappa shape index (κ1) is 19.0. The van der Waals surface area contributed by atoms with E-state index in [9.17, 15) is 0 Å². The van der Waals surface area contributed by atoms with Crippen LogP contribution in [0, 0.1) is 0 Å². The van der Waals surface area contributed by atoms with Crippen molar-refractivity contribution in [2.24, 2.45) is 0 Å². The van der Waals surface area contributed by atoms with Gasteiger partial charge in [-0.15, -0.1) is 0 Å². The zero-order valence-electron chi connectivity index (χ0n) is 17.3. The summed E-state index contributed by atoms with van der Waals surface area (Å²) >= 11 is 0. The van der Waals surface area contributed by atoms with Gasteiger partial charge < -0.3 is 14.4 Å². The summed E-state index contributed by atoms with van der Waals surface area (Å²) in [6, 6.07) is 25.8. The van der Waals surface area contributed by atoms with E-state index in [0.717, 1.165) is 63.9 Å². The van der Waals surface area contributed by atoms with Crippen LogP contribution in [0.2, 0.25) is 0 Å². The maximum Gasteiger partial charge on any atom is 0.184 e. The molecule has 0 unspecified atom stereocenters. The predicted molar refractivity (Wildman–Crippen MR) is 121 cm³/mol. The molecular weight excluding hydrogens is 372 g/mol. The van der Waals surface area contributed by atoms with E-state index < -0.39 is 0 Å². The molecule has 2 aliphatic rings. The summed E-state index contributed by atoms with van der Waals surface area (Å²) in [6.45, 7) is 6.52. The highest BCUT2D eigenvalue weighted by atomic mass is 16.5. The van der Waals surface area contributed by atoms with E-state index in [1.165, 1.54) is 22.4 Å². The lowest BCUT2D eigenvalue weighted by molar-refractivity contribution is 0.248. The van der Waals surface area contributed by atoms with Gasteiger partial charge in [-0.25, -0.2) is 0 Å². The Morgan fingerprint density at radius 2 is 1.47 bits per heavy atom. The Morgan fingerprint density at radius 1 is 0.700 bits per heavy atom. The molecule has 4 nitrogen and oxygen atoms in total. The van der Waals surface area contributed by atoms with Gasteiger partial charge in [-0.05, 0) is 34.9 Å². The maximum absolute atomic E-state index is 6.03. The van der Waals surface area contributed by atoms with Gasteiger partial charge in [0.2, 0.25) is 0 Å². The second kappa shape index (κ2) is 8.80. The predicted octanol–water partition coefficient (Wildman–Crippen LogP) is 4.84. The van der Waals surface area contributed by atoms with Gasteiger partial charge in [0.1, 0.15) is 0 Å². The average Bonchev–Trinajstić information content (AvgIpc) is 3.06. The van der Waals surface area contributed by atoms with Crippen LogP contribution < -0.4 is 14.4 Å². The van der Waals surface area contributed by atoms with Gasteiger partial charge in [0.15, 0.2) is 11.5 Å². The Bertz CT molecular complexity index is 981. The van der Waals surface area contributed by atoms with Gasteiger partial charge >= 0.3 is 0 Å². The summed E-state index contributed by atoms with van der Waals surface area (Å²) < 4.78 is 11.9. The fraction of sp³-hybridized carbons (Fsp3) is 0.308. The standard InChI is InChI=1S/C26H28N2O2/c1-2-8-22(9-3-1)23-10-4-7-21(19-23)20-27-13-15-28(16-14-27)24-11-5-12-25-26(24)30-18-6-17-29-25/h1-5,7-12,19H,6,13-18,20H2. The molecule has 4 heteroatoms. The summed E-state index contributed by atoms with van der Waals surface area (Å²) in [5, 5.41) is 0. The number of para-hydroxylation sites is 1. The molecular formula is C26H28N2O2. The van der Waals surface area contributed by atoms with Crippen molar-refractivity contribution in [3.05, 3.63) is 78.4 Å². The fourth-order valence-electron chi connectivity index (χ4n) is 4.31. The molecule has 30 heavy (non-hydrogen) atoms. The topological polar surface area (TPSA) is 24.9 Å². The summed E-state index contributed by atoms with van der Waals surface area (Å²) in [5.41, 5.74) is 5.10. The average molecular weight is 401 g/mol. The lowest BCUT2D eigenvalue weighted by Gasteiger charge is -2.36. The Morgan fingerprint density at radius 3 is 2.33 bits per heavy atom. The van der Waals surface area contributed by atoms with E-state index in [1.54, 1.807) is 0 Å². The molecule has 3 aromatic rings. The van der Waals surface area contributed by atoms with E-state index in [0.29, 0.717) is 0 Å². The van der Waals surface area contributed by atoms with E-state index in [2.05, 4.69) is 76.5 Å². The van der Waals surface area contributed by atoms with Crippen molar-refractivity contribution in [2.45, 2.75) is 13.0 Å². The molecule has 0 aliphatic carbocycles. The summed E-state index contributed by atoms with van der Waals surface area (Å²) in [5.74, 6) is 1.80. The molecule has 2 aliphatic heterocycles. The van der Waals surface area contributed by atoms with Crippen LogP contribution in [0.5, 0.6) is 11.5 Å². The number of anilines is 1. The van der Waals surface area contributed by atoms with E-state index in [4.69, 9.17) is 9.47 Å². The molecule has 1 saturated heterocycles. The number of hydrogen-bond acceptors (Lipinski definition) is 4. The van der Waals surface area contributed by atoms with Crippen molar-refractivity contribution in [2.75, 3.05) is 44.3 Å². The molecule has 0 N–H and O–H groups in total. The number of benzene rings is 3. The molecule has 5 rings (SSSR count). The molecule has 0 aromatic heterocycles. The van der Waals surface area contributed by atoms with E-state index in [-0.39, 0.29) is 0 Å². The fourth-order valence-corrected chi connectivity index (χ4v) is 4.31. The second-order valence-electron chi connectivity index (χ2n) is 7.98. The zero-order chi connectivity index (χ0) is 20.2. The Labute approximate surface area is 178 Å². The van der Waals surface area contributed by atoms with Crippen LogP contribution in [0.4, 0.5) is 5.69 Å². The Kier molecular flexibility index (Phi) is 5.58. The SMILES string of the molecule is c1ccc(-c2cccc(CN3CCN(c4cccc5c4OCCCO5)CC3)c2)cc1. The highest BCUT2D eigenvalue weighted by Crippen LogP contribution is 2.39. The monoisotopic (exact) mass is 400 g/mol. The number of piperazine rings is 1. The van der Waals surface area contributed by atoms with Gasteiger partial charge in [0, 0.05) is 39.1 Å². The molecule has 0 spiro atoms. The highest BCUT2D eigenvalue weighted by Gasteiger charge is 2.23. The van der Waals surface area contributed by atoms with Gasteiger partial charge in [-0.3, -0.25) is 4.90 Å². The quantitative estimate of drug-likeness (QED) is 0.626. The lowest BCUT2D eigenvalue weighted by atomic mass is 10.0. The molecule has 0 saturated carbocycles. The largest absolute Gasteiger partial charge is 0.489 e. The van der Waals surface area contributed by atoms with Crippen LogP contribution in [0.1, 0.15) is 12.0 Å². The Balaban J connectivity index is 1.24. The summed E-state index contributed by atoms with van der Waals surface area (Å²) in [6.07, 6.45) is 0.934. The van der Waals surface area contributed by atoms with Crippen molar-refractivity contribution in [1.82, 2.24) is 4.90 Å². The zero-order valence-corrected chi connectivity index (χ0v) is 17.3. The van der Waals surface area contributed by atoms with Crippen molar-refractivity contribution >= 4 is 5.69 Å². The van der Waals surface area contributed by atoms with Crippen molar-refractivity contribution in [3.63, 3.8) is 0 Å².